The number of carboxylic acids is 1. The smallest absolute Gasteiger partial charge is 0.306 e. The summed E-state index contributed by atoms with van der Waals surface area (Å²) in [5, 5.41) is 18.7. The van der Waals surface area contributed by atoms with Crippen molar-refractivity contribution in [3.8, 4) is 0 Å². The molecule has 104 valence electrons. The number of carbonyl (C=O) groups is 2. The zero-order valence-electron chi connectivity index (χ0n) is 11.2. The van der Waals surface area contributed by atoms with E-state index in [1.807, 2.05) is 0 Å². The first kappa shape index (κ1) is 13.6. The van der Waals surface area contributed by atoms with Crippen molar-refractivity contribution in [2.45, 2.75) is 45.6 Å². The van der Waals surface area contributed by atoms with Gasteiger partial charge in [0.15, 0.2) is 0 Å². The monoisotopic (exact) mass is 265 g/mol. The van der Waals surface area contributed by atoms with Crippen molar-refractivity contribution in [1.82, 2.24) is 15.5 Å². The van der Waals surface area contributed by atoms with Crippen molar-refractivity contribution in [3.05, 3.63) is 17.0 Å². The van der Waals surface area contributed by atoms with Crippen molar-refractivity contribution in [3.63, 3.8) is 0 Å². The third kappa shape index (κ3) is 2.94. The highest BCUT2D eigenvalue weighted by molar-refractivity contribution is 5.96. The molecule has 1 aromatic rings. The molecule has 0 spiro atoms. The van der Waals surface area contributed by atoms with Crippen LogP contribution in [0.2, 0.25) is 0 Å². The normalized spacial score (nSPS) is 23.1. The van der Waals surface area contributed by atoms with Crippen LogP contribution in [0.4, 0.5) is 0 Å². The molecule has 0 aromatic carbocycles. The van der Waals surface area contributed by atoms with Crippen LogP contribution < -0.4 is 5.32 Å². The fraction of sp³-hybridized carbons (Fsp3) is 0.615. The summed E-state index contributed by atoms with van der Waals surface area (Å²) in [4.78, 5) is 23.2. The fourth-order valence-electron chi connectivity index (χ4n) is 2.69. The molecule has 6 heteroatoms. The summed E-state index contributed by atoms with van der Waals surface area (Å²) < 4.78 is 0. The van der Waals surface area contributed by atoms with E-state index < -0.39 is 5.97 Å². The molecule has 1 aromatic heterocycles. The maximum absolute atomic E-state index is 12.2. The van der Waals surface area contributed by atoms with Crippen LogP contribution in [0, 0.1) is 19.8 Å². The van der Waals surface area contributed by atoms with E-state index in [9.17, 15) is 9.59 Å². The van der Waals surface area contributed by atoms with E-state index >= 15 is 0 Å². The Morgan fingerprint density at radius 2 is 2.11 bits per heavy atom. The van der Waals surface area contributed by atoms with Gasteiger partial charge in [0.25, 0.3) is 5.91 Å². The van der Waals surface area contributed by atoms with Crippen LogP contribution in [0.1, 0.15) is 47.4 Å². The number of aliphatic carboxylic acids is 1. The summed E-state index contributed by atoms with van der Waals surface area (Å²) in [6, 6.07) is -0.0592. The zero-order valence-corrected chi connectivity index (χ0v) is 11.2. The Morgan fingerprint density at radius 3 is 2.68 bits per heavy atom. The molecule has 1 aliphatic carbocycles. The number of H-pyrrole nitrogens is 1. The largest absolute Gasteiger partial charge is 0.481 e. The molecule has 2 rings (SSSR count). The minimum Gasteiger partial charge on any atom is -0.481 e. The minimum absolute atomic E-state index is 0.0592. The van der Waals surface area contributed by atoms with Gasteiger partial charge in [0.05, 0.1) is 17.2 Å². The molecule has 2 atom stereocenters. The second kappa shape index (κ2) is 5.42. The first-order valence-electron chi connectivity index (χ1n) is 6.54. The van der Waals surface area contributed by atoms with Crippen LogP contribution >= 0.6 is 0 Å². The van der Waals surface area contributed by atoms with Crippen molar-refractivity contribution in [2.24, 2.45) is 5.92 Å². The molecule has 6 nitrogen and oxygen atoms in total. The second-order valence-electron chi connectivity index (χ2n) is 5.18. The van der Waals surface area contributed by atoms with E-state index in [4.69, 9.17) is 5.11 Å². The van der Waals surface area contributed by atoms with Gasteiger partial charge in [0, 0.05) is 11.7 Å². The van der Waals surface area contributed by atoms with E-state index in [0.29, 0.717) is 24.1 Å². The molecule has 0 bridgehead atoms. The molecule has 0 aliphatic heterocycles. The van der Waals surface area contributed by atoms with Gasteiger partial charge in [-0.2, -0.15) is 5.10 Å². The molecule has 1 fully saturated rings. The van der Waals surface area contributed by atoms with Crippen molar-refractivity contribution in [2.75, 3.05) is 0 Å². The lowest BCUT2D eigenvalue weighted by atomic mass is 9.85. The number of aryl methyl sites for hydroxylation is 2. The van der Waals surface area contributed by atoms with Gasteiger partial charge in [0.2, 0.25) is 0 Å². The second-order valence-corrected chi connectivity index (χ2v) is 5.18. The Bertz CT molecular complexity index is 476. The Balaban J connectivity index is 2.01. The Kier molecular flexibility index (Phi) is 3.87. The van der Waals surface area contributed by atoms with E-state index in [-0.39, 0.29) is 17.9 Å². The van der Waals surface area contributed by atoms with Gasteiger partial charge in [-0.1, -0.05) is 6.42 Å². The van der Waals surface area contributed by atoms with Gasteiger partial charge in [-0.3, -0.25) is 14.7 Å². The number of hydrogen-bond donors (Lipinski definition) is 3. The van der Waals surface area contributed by atoms with Crippen LogP contribution in [-0.2, 0) is 4.79 Å². The Labute approximate surface area is 111 Å². The van der Waals surface area contributed by atoms with Gasteiger partial charge in [-0.25, -0.2) is 0 Å². The number of amides is 1. The predicted molar refractivity (Wildman–Crippen MR) is 68.9 cm³/mol. The van der Waals surface area contributed by atoms with E-state index in [1.54, 1.807) is 13.8 Å². The molecular weight excluding hydrogens is 246 g/mol. The lowest BCUT2D eigenvalue weighted by Crippen LogP contribution is -2.40. The van der Waals surface area contributed by atoms with Crippen LogP contribution in [-0.4, -0.2) is 33.2 Å². The maximum Gasteiger partial charge on any atom is 0.306 e. The van der Waals surface area contributed by atoms with E-state index in [2.05, 4.69) is 15.5 Å². The number of carboxylic acid groups (broad SMARTS) is 1. The summed E-state index contributed by atoms with van der Waals surface area (Å²) in [7, 11) is 0. The van der Waals surface area contributed by atoms with Gasteiger partial charge in [-0.15, -0.1) is 0 Å². The fourth-order valence-corrected chi connectivity index (χ4v) is 2.69. The molecule has 0 saturated heterocycles. The number of nitrogens with zero attached hydrogens (tertiary/aromatic N) is 1. The van der Waals surface area contributed by atoms with Crippen molar-refractivity contribution < 1.29 is 14.7 Å². The topological polar surface area (TPSA) is 95.1 Å². The van der Waals surface area contributed by atoms with E-state index in [1.165, 1.54) is 0 Å². The van der Waals surface area contributed by atoms with Gasteiger partial charge in [0.1, 0.15) is 0 Å². The first-order valence-corrected chi connectivity index (χ1v) is 6.54. The molecule has 1 heterocycles. The zero-order chi connectivity index (χ0) is 14.0. The third-order valence-corrected chi connectivity index (χ3v) is 3.71. The van der Waals surface area contributed by atoms with E-state index in [0.717, 1.165) is 18.5 Å². The first-order chi connectivity index (χ1) is 8.99. The molecule has 1 saturated carbocycles. The lowest BCUT2D eigenvalue weighted by molar-refractivity contribution is -0.143. The standard InChI is InChI=1S/C13H19N3O3/c1-7-11(8(2)16-15-7)12(17)14-10-5-3-4-9(6-10)13(18)19/h9-10H,3-6H2,1-2H3,(H,14,17)(H,15,16)(H,18,19). The average molecular weight is 265 g/mol. The third-order valence-electron chi connectivity index (χ3n) is 3.71. The molecule has 0 radical (unpaired) electrons. The van der Waals surface area contributed by atoms with Crippen molar-refractivity contribution >= 4 is 11.9 Å². The number of rotatable bonds is 3. The molecular formula is C13H19N3O3. The minimum atomic E-state index is -0.769. The summed E-state index contributed by atoms with van der Waals surface area (Å²) in [6.45, 7) is 3.58. The Morgan fingerprint density at radius 1 is 1.37 bits per heavy atom. The number of aromatic nitrogens is 2. The SMILES string of the molecule is Cc1n[nH]c(C)c1C(=O)NC1CCCC(C(=O)O)C1. The highest BCUT2D eigenvalue weighted by Crippen LogP contribution is 2.25. The van der Waals surface area contributed by atoms with Crippen LogP contribution in [0.25, 0.3) is 0 Å². The molecule has 1 aliphatic rings. The molecule has 19 heavy (non-hydrogen) atoms. The van der Waals surface area contributed by atoms with Crippen LogP contribution in [0.3, 0.4) is 0 Å². The van der Waals surface area contributed by atoms with Gasteiger partial charge in [-0.05, 0) is 33.1 Å². The summed E-state index contributed by atoms with van der Waals surface area (Å²) in [5.74, 6) is -1.28. The summed E-state index contributed by atoms with van der Waals surface area (Å²) >= 11 is 0. The van der Waals surface area contributed by atoms with Gasteiger partial charge >= 0.3 is 5.97 Å². The summed E-state index contributed by atoms with van der Waals surface area (Å²) in [6.07, 6.45) is 2.89. The average Bonchev–Trinajstić information content (AvgIpc) is 2.69. The number of hydrogen-bond acceptors (Lipinski definition) is 3. The molecule has 2 unspecified atom stereocenters. The molecule has 1 amide bonds. The van der Waals surface area contributed by atoms with Crippen molar-refractivity contribution in [1.29, 1.82) is 0 Å². The highest BCUT2D eigenvalue weighted by Gasteiger charge is 2.28. The Hall–Kier alpha value is -1.85. The summed E-state index contributed by atoms with van der Waals surface area (Å²) in [5.41, 5.74) is 1.97. The number of nitrogens with one attached hydrogen (secondary N) is 2. The number of aromatic amines is 1. The lowest BCUT2D eigenvalue weighted by Gasteiger charge is -2.27. The van der Waals surface area contributed by atoms with Gasteiger partial charge < -0.3 is 10.4 Å². The quantitative estimate of drug-likeness (QED) is 0.769. The maximum atomic E-state index is 12.2. The number of carbonyl (C=O) groups excluding carboxylic acids is 1. The predicted octanol–water partition coefficient (Wildman–Crippen LogP) is 1.40. The van der Waals surface area contributed by atoms with Crippen LogP contribution in [0.5, 0.6) is 0 Å². The van der Waals surface area contributed by atoms with Crippen LogP contribution in [0.15, 0.2) is 0 Å². The molecule has 3 N–H and O–H groups in total. The highest BCUT2D eigenvalue weighted by atomic mass is 16.4.